The van der Waals surface area contributed by atoms with E-state index in [2.05, 4.69) is 23.5 Å². The molecule has 1 aliphatic rings. The molecule has 2 aromatic carbocycles. The molecular weight excluding hydrogens is 408 g/mol. The molecule has 0 aromatic heterocycles. The van der Waals surface area contributed by atoms with E-state index in [1.165, 1.54) is 4.31 Å². The molecule has 1 amide bonds. The molecule has 168 valence electrons. The number of nitrogens with one attached hydrogen (secondary N) is 1. The minimum Gasteiger partial charge on any atom is -0.349 e. The molecule has 0 saturated carbocycles. The number of carbonyl (C=O) groups excluding carboxylic acids is 1. The first kappa shape index (κ1) is 23.5. The summed E-state index contributed by atoms with van der Waals surface area (Å²) >= 11 is 0. The lowest BCUT2D eigenvalue weighted by Crippen LogP contribution is -2.46. The molecular formula is C25H34N2O3S. The number of amides is 1. The van der Waals surface area contributed by atoms with Gasteiger partial charge in [0.1, 0.15) is 0 Å². The van der Waals surface area contributed by atoms with Crippen molar-refractivity contribution >= 4 is 15.9 Å². The molecule has 1 aliphatic heterocycles. The van der Waals surface area contributed by atoms with Crippen molar-refractivity contribution in [3.8, 4) is 0 Å². The molecule has 0 radical (unpaired) electrons. The van der Waals surface area contributed by atoms with E-state index in [9.17, 15) is 13.2 Å². The molecule has 31 heavy (non-hydrogen) atoms. The van der Waals surface area contributed by atoms with E-state index in [1.807, 2.05) is 51.1 Å². The minimum atomic E-state index is -3.36. The molecule has 0 unspecified atom stereocenters. The van der Waals surface area contributed by atoms with E-state index in [-0.39, 0.29) is 30.2 Å². The second-order valence-corrected chi connectivity index (χ2v) is 10.8. The quantitative estimate of drug-likeness (QED) is 0.668. The average Bonchev–Trinajstić information content (AvgIpc) is 2.76. The molecule has 2 atom stereocenters. The van der Waals surface area contributed by atoms with Gasteiger partial charge in [0.2, 0.25) is 15.9 Å². The number of carbonyl (C=O) groups is 1. The highest BCUT2D eigenvalue weighted by Crippen LogP contribution is 2.23. The SMILES string of the molecule is Cc1ccc(C)c([C@@H](C)NC(=O)[C@@H]2CCCN(S(=O)(=O)CCCc3ccccc3)C2)c1. The second-order valence-electron chi connectivity index (χ2n) is 8.69. The van der Waals surface area contributed by atoms with Crippen molar-refractivity contribution in [2.45, 2.75) is 52.5 Å². The largest absolute Gasteiger partial charge is 0.349 e. The molecule has 1 heterocycles. The van der Waals surface area contributed by atoms with Crippen LogP contribution in [-0.2, 0) is 21.2 Å². The summed E-state index contributed by atoms with van der Waals surface area (Å²) in [6.45, 7) is 6.85. The zero-order chi connectivity index (χ0) is 22.4. The van der Waals surface area contributed by atoms with Crippen molar-refractivity contribution in [1.82, 2.24) is 9.62 Å². The van der Waals surface area contributed by atoms with Crippen LogP contribution >= 0.6 is 0 Å². The van der Waals surface area contributed by atoms with E-state index >= 15 is 0 Å². The van der Waals surface area contributed by atoms with Gasteiger partial charge in [-0.25, -0.2) is 12.7 Å². The lowest BCUT2D eigenvalue weighted by molar-refractivity contribution is -0.126. The van der Waals surface area contributed by atoms with E-state index in [0.29, 0.717) is 19.4 Å². The highest BCUT2D eigenvalue weighted by molar-refractivity contribution is 7.89. The first-order valence-electron chi connectivity index (χ1n) is 11.2. The smallest absolute Gasteiger partial charge is 0.224 e. The van der Waals surface area contributed by atoms with Gasteiger partial charge in [0.05, 0.1) is 17.7 Å². The number of hydrogen-bond donors (Lipinski definition) is 1. The van der Waals surface area contributed by atoms with Crippen LogP contribution < -0.4 is 5.32 Å². The van der Waals surface area contributed by atoms with Crippen LogP contribution in [0.2, 0.25) is 0 Å². The van der Waals surface area contributed by atoms with Crippen molar-refractivity contribution in [3.05, 3.63) is 70.8 Å². The molecule has 2 aromatic rings. The molecule has 1 fully saturated rings. The Hall–Kier alpha value is -2.18. The normalized spacial score (nSPS) is 18.5. The van der Waals surface area contributed by atoms with E-state index in [0.717, 1.165) is 35.1 Å². The Balaban J connectivity index is 1.56. The molecule has 6 heteroatoms. The summed E-state index contributed by atoms with van der Waals surface area (Å²) in [4.78, 5) is 12.9. The van der Waals surface area contributed by atoms with Crippen LogP contribution in [0.4, 0.5) is 0 Å². The van der Waals surface area contributed by atoms with Crippen LogP contribution in [-0.4, -0.2) is 37.5 Å². The summed E-state index contributed by atoms with van der Waals surface area (Å²) in [6, 6.07) is 16.1. The third kappa shape index (κ3) is 6.40. The summed E-state index contributed by atoms with van der Waals surface area (Å²) in [5, 5.41) is 3.11. The van der Waals surface area contributed by atoms with E-state index in [4.69, 9.17) is 0 Å². The fourth-order valence-electron chi connectivity index (χ4n) is 4.28. The van der Waals surface area contributed by atoms with Crippen molar-refractivity contribution in [2.75, 3.05) is 18.8 Å². The van der Waals surface area contributed by atoms with Gasteiger partial charge in [0.15, 0.2) is 0 Å². The Kier molecular flexibility index (Phi) is 7.89. The highest BCUT2D eigenvalue weighted by atomic mass is 32.2. The zero-order valence-corrected chi connectivity index (χ0v) is 19.6. The predicted octanol–water partition coefficient (Wildman–Crippen LogP) is 4.16. The van der Waals surface area contributed by atoms with Crippen molar-refractivity contribution in [3.63, 3.8) is 0 Å². The molecule has 5 nitrogen and oxygen atoms in total. The summed E-state index contributed by atoms with van der Waals surface area (Å²) in [5.74, 6) is -0.238. The van der Waals surface area contributed by atoms with Crippen LogP contribution in [0.1, 0.15) is 54.5 Å². The number of rotatable bonds is 8. The lowest BCUT2D eigenvalue weighted by atomic mass is 9.96. The van der Waals surface area contributed by atoms with Gasteiger partial charge in [-0.1, -0.05) is 54.1 Å². The van der Waals surface area contributed by atoms with Crippen molar-refractivity contribution in [2.24, 2.45) is 5.92 Å². The predicted molar refractivity (Wildman–Crippen MR) is 125 cm³/mol. The zero-order valence-electron chi connectivity index (χ0n) is 18.8. The van der Waals surface area contributed by atoms with E-state index in [1.54, 1.807) is 0 Å². The van der Waals surface area contributed by atoms with Gasteiger partial charge in [-0.3, -0.25) is 4.79 Å². The fraction of sp³-hybridized carbons (Fsp3) is 0.480. The van der Waals surface area contributed by atoms with Gasteiger partial charge in [0, 0.05) is 13.1 Å². The maximum atomic E-state index is 12.9. The first-order valence-corrected chi connectivity index (χ1v) is 12.8. The summed E-state index contributed by atoms with van der Waals surface area (Å²) < 4.78 is 27.3. The van der Waals surface area contributed by atoms with Gasteiger partial charge >= 0.3 is 0 Å². The molecule has 0 bridgehead atoms. The monoisotopic (exact) mass is 442 g/mol. The topological polar surface area (TPSA) is 66.5 Å². The van der Waals surface area contributed by atoms with Gasteiger partial charge in [-0.2, -0.15) is 0 Å². The summed E-state index contributed by atoms with van der Waals surface area (Å²) in [7, 11) is -3.36. The maximum Gasteiger partial charge on any atom is 0.224 e. The molecule has 3 rings (SSSR count). The van der Waals surface area contributed by atoms with Crippen LogP contribution in [0.3, 0.4) is 0 Å². The van der Waals surface area contributed by atoms with Gasteiger partial charge in [-0.05, 0) is 63.1 Å². The Morgan fingerprint density at radius 3 is 2.65 bits per heavy atom. The van der Waals surface area contributed by atoms with Crippen LogP contribution in [0.15, 0.2) is 48.5 Å². The van der Waals surface area contributed by atoms with Gasteiger partial charge in [-0.15, -0.1) is 0 Å². The average molecular weight is 443 g/mol. The Morgan fingerprint density at radius 2 is 1.90 bits per heavy atom. The Bertz CT molecular complexity index is 989. The van der Waals surface area contributed by atoms with Gasteiger partial charge in [0.25, 0.3) is 0 Å². The second kappa shape index (κ2) is 10.4. The van der Waals surface area contributed by atoms with Crippen LogP contribution in [0.5, 0.6) is 0 Å². The molecule has 0 aliphatic carbocycles. The van der Waals surface area contributed by atoms with Crippen molar-refractivity contribution in [1.29, 1.82) is 0 Å². The van der Waals surface area contributed by atoms with Crippen LogP contribution in [0, 0.1) is 19.8 Å². The standard InChI is InChI=1S/C25H34N2O3S/c1-19-13-14-20(2)24(17-19)21(3)26-25(28)23-12-7-15-27(18-23)31(29,30)16-8-11-22-9-5-4-6-10-22/h4-6,9-10,13-14,17,21,23H,7-8,11-12,15-16,18H2,1-3H3,(H,26,28)/t21-,23-/m1/s1. The third-order valence-corrected chi connectivity index (χ3v) is 8.04. The number of sulfonamides is 1. The first-order chi connectivity index (χ1) is 14.8. The number of piperidine rings is 1. The summed E-state index contributed by atoms with van der Waals surface area (Å²) in [6.07, 6.45) is 2.77. The van der Waals surface area contributed by atoms with E-state index < -0.39 is 10.0 Å². The number of benzene rings is 2. The summed E-state index contributed by atoms with van der Waals surface area (Å²) in [5.41, 5.74) is 4.56. The Labute approximate surface area is 186 Å². The molecule has 0 spiro atoms. The number of aryl methyl sites for hydroxylation is 3. The lowest BCUT2D eigenvalue weighted by Gasteiger charge is -2.32. The minimum absolute atomic E-state index is 0.0578. The Morgan fingerprint density at radius 1 is 1.16 bits per heavy atom. The van der Waals surface area contributed by atoms with Crippen molar-refractivity contribution < 1.29 is 13.2 Å². The number of hydrogen-bond acceptors (Lipinski definition) is 3. The molecule has 1 N–H and O–H groups in total. The van der Waals surface area contributed by atoms with Crippen LogP contribution in [0.25, 0.3) is 0 Å². The maximum absolute atomic E-state index is 12.9. The highest BCUT2D eigenvalue weighted by Gasteiger charge is 2.32. The fourth-order valence-corrected chi connectivity index (χ4v) is 5.86. The number of nitrogens with zero attached hydrogens (tertiary/aromatic N) is 1. The van der Waals surface area contributed by atoms with Gasteiger partial charge < -0.3 is 5.32 Å². The molecule has 1 saturated heterocycles. The third-order valence-electron chi connectivity index (χ3n) is 6.12.